The van der Waals surface area contributed by atoms with E-state index >= 15 is 0 Å². The summed E-state index contributed by atoms with van der Waals surface area (Å²) in [6, 6.07) is 2.73. The van der Waals surface area contributed by atoms with Crippen LogP contribution in [0.3, 0.4) is 0 Å². The van der Waals surface area contributed by atoms with Gasteiger partial charge in [-0.2, -0.15) is 0 Å². The molecule has 0 heterocycles. The first-order valence-electron chi connectivity index (χ1n) is 5.67. The van der Waals surface area contributed by atoms with Crippen LogP contribution in [0.5, 0.6) is 0 Å². The maximum Gasteiger partial charge on any atom is 0.337 e. The number of halogens is 1. The quantitative estimate of drug-likeness (QED) is 0.713. The van der Waals surface area contributed by atoms with Crippen molar-refractivity contribution in [1.29, 1.82) is 0 Å². The first-order chi connectivity index (χ1) is 8.86. The molecule has 0 aromatic heterocycles. The highest BCUT2D eigenvalue weighted by molar-refractivity contribution is 6.34. The fourth-order valence-corrected chi connectivity index (χ4v) is 1.75. The molecule has 19 heavy (non-hydrogen) atoms. The maximum atomic E-state index is 11.7. The van der Waals surface area contributed by atoms with Crippen LogP contribution in [-0.4, -0.2) is 42.0 Å². The van der Waals surface area contributed by atoms with Crippen molar-refractivity contribution in [1.82, 2.24) is 4.90 Å². The summed E-state index contributed by atoms with van der Waals surface area (Å²) in [5.41, 5.74) is 5.93. The van der Waals surface area contributed by atoms with Gasteiger partial charge >= 0.3 is 5.97 Å². The number of carboxylic acid groups (broad SMARTS) is 1. The predicted molar refractivity (Wildman–Crippen MR) is 74.6 cm³/mol. The van der Waals surface area contributed by atoms with Crippen LogP contribution in [0.4, 0.5) is 11.4 Å². The number of amides is 1. The van der Waals surface area contributed by atoms with E-state index in [0.717, 1.165) is 0 Å². The number of rotatable bonds is 5. The van der Waals surface area contributed by atoms with Crippen molar-refractivity contribution in [2.45, 2.75) is 6.92 Å². The van der Waals surface area contributed by atoms with E-state index in [1.165, 1.54) is 17.0 Å². The second kappa shape index (κ2) is 6.29. The summed E-state index contributed by atoms with van der Waals surface area (Å²) in [5, 5.41) is 12.0. The third-order valence-corrected chi connectivity index (χ3v) is 2.96. The standard InChI is InChI=1S/C12H16ClN3O3/c1-3-16(2)10(17)6-15-11-8(12(18)19)4-7(14)5-9(11)13/h4-5,15H,3,6,14H2,1-2H3,(H,18,19). The van der Waals surface area contributed by atoms with Crippen molar-refractivity contribution >= 4 is 34.9 Å². The molecule has 0 atom stereocenters. The summed E-state index contributed by atoms with van der Waals surface area (Å²) < 4.78 is 0. The summed E-state index contributed by atoms with van der Waals surface area (Å²) in [6.45, 7) is 2.38. The van der Waals surface area contributed by atoms with Crippen LogP contribution in [-0.2, 0) is 4.79 Å². The minimum atomic E-state index is -1.16. The molecule has 7 heteroatoms. The summed E-state index contributed by atoms with van der Waals surface area (Å²) in [5.74, 6) is -1.32. The number of hydrogen-bond acceptors (Lipinski definition) is 4. The lowest BCUT2D eigenvalue weighted by Gasteiger charge is -2.17. The molecule has 4 N–H and O–H groups in total. The van der Waals surface area contributed by atoms with E-state index < -0.39 is 5.97 Å². The minimum Gasteiger partial charge on any atom is -0.478 e. The fraction of sp³-hybridized carbons (Fsp3) is 0.333. The molecule has 0 radical (unpaired) electrons. The number of benzene rings is 1. The van der Waals surface area contributed by atoms with E-state index in [1.807, 2.05) is 6.92 Å². The number of carbonyl (C=O) groups excluding carboxylic acids is 1. The zero-order valence-corrected chi connectivity index (χ0v) is 11.5. The third kappa shape index (κ3) is 3.75. The monoisotopic (exact) mass is 285 g/mol. The van der Waals surface area contributed by atoms with Crippen LogP contribution in [0.1, 0.15) is 17.3 Å². The van der Waals surface area contributed by atoms with Gasteiger partial charge in [0.15, 0.2) is 0 Å². The van der Waals surface area contributed by atoms with Crippen LogP contribution < -0.4 is 11.1 Å². The lowest BCUT2D eigenvalue weighted by Crippen LogP contribution is -2.32. The van der Waals surface area contributed by atoms with Gasteiger partial charge in [0.1, 0.15) is 0 Å². The second-order valence-corrected chi connectivity index (χ2v) is 4.40. The van der Waals surface area contributed by atoms with Gasteiger partial charge in [0.2, 0.25) is 5.91 Å². The van der Waals surface area contributed by atoms with Gasteiger partial charge in [0, 0.05) is 19.3 Å². The molecule has 0 saturated carbocycles. The van der Waals surface area contributed by atoms with Crippen molar-refractivity contribution in [3.8, 4) is 0 Å². The molecule has 0 aliphatic carbocycles. The number of nitrogens with zero attached hydrogens (tertiary/aromatic N) is 1. The highest BCUT2D eigenvalue weighted by Crippen LogP contribution is 2.29. The summed E-state index contributed by atoms with van der Waals surface area (Å²) in [4.78, 5) is 24.3. The Morgan fingerprint density at radius 2 is 2.11 bits per heavy atom. The molecule has 1 amide bonds. The smallest absolute Gasteiger partial charge is 0.337 e. The zero-order valence-electron chi connectivity index (χ0n) is 10.7. The predicted octanol–water partition coefficient (Wildman–Crippen LogP) is 1.51. The minimum absolute atomic E-state index is 0.0335. The van der Waals surface area contributed by atoms with Crippen molar-refractivity contribution in [3.05, 3.63) is 22.7 Å². The number of carboxylic acids is 1. The number of nitrogens with one attached hydrogen (secondary N) is 1. The molecule has 0 spiro atoms. The Morgan fingerprint density at radius 1 is 1.47 bits per heavy atom. The molecule has 1 aromatic carbocycles. The highest BCUT2D eigenvalue weighted by atomic mass is 35.5. The van der Waals surface area contributed by atoms with Gasteiger partial charge in [-0.1, -0.05) is 11.6 Å². The van der Waals surface area contributed by atoms with Crippen molar-refractivity contribution in [2.75, 3.05) is 31.2 Å². The van der Waals surface area contributed by atoms with Gasteiger partial charge in [-0.25, -0.2) is 4.79 Å². The van der Waals surface area contributed by atoms with Gasteiger partial charge in [-0.05, 0) is 19.1 Å². The van der Waals surface area contributed by atoms with Crippen LogP contribution in [0.15, 0.2) is 12.1 Å². The van der Waals surface area contributed by atoms with Crippen molar-refractivity contribution in [3.63, 3.8) is 0 Å². The van der Waals surface area contributed by atoms with Gasteiger partial charge in [0.05, 0.1) is 22.8 Å². The molecule has 0 fully saturated rings. The van der Waals surface area contributed by atoms with E-state index in [4.69, 9.17) is 22.4 Å². The first-order valence-corrected chi connectivity index (χ1v) is 6.04. The number of hydrogen-bond donors (Lipinski definition) is 3. The lowest BCUT2D eigenvalue weighted by molar-refractivity contribution is -0.127. The summed E-state index contributed by atoms with van der Waals surface area (Å²) in [7, 11) is 1.66. The SMILES string of the molecule is CCN(C)C(=O)CNc1c(Cl)cc(N)cc1C(=O)O. The molecule has 104 valence electrons. The number of carbonyl (C=O) groups is 2. The largest absolute Gasteiger partial charge is 0.478 e. The molecular formula is C12H16ClN3O3. The highest BCUT2D eigenvalue weighted by Gasteiger charge is 2.16. The normalized spacial score (nSPS) is 10.1. The Kier molecular flexibility index (Phi) is 5.00. The van der Waals surface area contributed by atoms with E-state index in [9.17, 15) is 9.59 Å². The molecular weight excluding hydrogens is 270 g/mol. The van der Waals surface area contributed by atoms with Crippen LogP contribution >= 0.6 is 11.6 Å². The van der Waals surface area contributed by atoms with E-state index in [2.05, 4.69) is 5.32 Å². The number of aromatic carboxylic acids is 1. The third-order valence-electron chi connectivity index (χ3n) is 2.66. The Bertz CT molecular complexity index is 505. The molecule has 0 aliphatic heterocycles. The Morgan fingerprint density at radius 3 is 2.63 bits per heavy atom. The molecule has 1 aromatic rings. The maximum absolute atomic E-state index is 11.7. The Hall–Kier alpha value is -1.95. The van der Waals surface area contributed by atoms with E-state index in [-0.39, 0.29) is 34.4 Å². The molecule has 0 saturated heterocycles. The number of nitrogen functional groups attached to an aromatic ring is 1. The van der Waals surface area contributed by atoms with Crippen molar-refractivity contribution in [2.24, 2.45) is 0 Å². The van der Waals surface area contributed by atoms with Crippen LogP contribution in [0, 0.1) is 0 Å². The number of likely N-dealkylation sites (N-methyl/N-ethyl adjacent to an activating group) is 1. The summed E-state index contributed by atoms with van der Waals surface area (Å²) >= 11 is 5.94. The van der Waals surface area contributed by atoms with Gasteiger partial charge in [-0.3, -0.25) is 4.79 Å². The van der Waals surface area contributed by atoms with Gasteiger partial charge in [0.25, 0.3) is 0 Å². The lowest BCUT2D eigenvalue weighted by atomic mass is 10.1. The Labute approximate surface area is 116 Å². The molecule has 1 rings (SSSR count). The van der Waals surface area contributed by atoms with Crippen LogP contribution in [0.25, 0.3) is 0 Å². The molecule has 0 unspecified atom stereocenters. The van der Waals surface area contributed by atoms with E-state index in [0.29, 0.717) is 6.54 Å². The van der Waals surface area contributed by atoms with Crippen molar-refractivity contribution < 1.29 is 14.7 Å². The Balaban J connectivity index is 2.95. The summed E-state index contributed by atoms with van der Waals surface area (Å²) in [6.07, 6.45) is 0. The molecule has 6 nitrogen and oxygen atoms in total. The topological polar surface area (TPSA) is 95.7 Å². The molecule has 0 aliphatic rings. The second-order valence-electron chi connectivity index (χ2n) is 3.99. The average Bonchev–Trinajstić information content (AvgIpc) is 2.35. The van der Waals surface area contributed by atoms with Crippen LogP contribution in [0.2, 0.25) is 5.02 Å². The fourth-order valence-electron chi connectivity index (χ4n) is 1.45. The average molecular weight is 286 g/mol. The van der Waals surface area contributed by atoms with Gasteiger partial charge < -0.3 is 21.1 Å². The number of nitrogens with two attached hydrogens (primary N) is 1. The zero-order chi connectivity index (χ0) is 14.6. The van der Waals surface area contributed by atoms with Gasteiger partial charge in [-0.15, -0.1) is 0 Å². The molecule has 0 bridgehead atoms. The number of anilines is 2. The van der Waals surface area contributed by atoms with E-state index in [1.54, 1.807) is 7.05 Å². The first kappa shape index (κ1) is 15.1.